The number of phenols is 1. The lowest BCUT2D eigenvalue weighted by atomic mass is 10.0. The molecule has 0 bridgehead atoms. The molecule has 18 heavy (non-hydrogen) atoms. The van der Waals surface area contributed by atoms with E-state index >= 15 is 0 Å². The van der Waals surface area contributed by atoms with E-state index in [4.69, 9.17) is 5.73 Å². The fourth-order valence-electron chi connectivity index (χ4n) is 1.83. The van der Waals surface area contributed by atoms with E-state index in [1.165, 1.54) is 12.1 Å². The van der Waals surface area contributed by atoms with Gasteiger partial charge in [0.05, 0.1) is 9.40 Å². The van der Waals surface area contributed by atoms with Crippen LogP contribution >= 0.6 is 28.3 Å². The van der Waals surface area contributed by atoms with Crippen molar-refractivity contribution in [3.8, 4) is 5.75 Å². The second-order valence-corrected chi connectivity index (χ2v) is 5.26. The Balaban J connectivity index is 0.00000162. The molecule has 1 aliphatic rings. The summed E-state index contributed by atoms with van der Waals surface area (Å²) in [5.74, 6) is 0.603. The van der Waals surface area contributed by atoms with Crippen molar-refractivity contribution in [2.45, 2.75) is 25.3 Å². The number of non-ortho nitro benzene ring substituents is 1. The zero-order chi connectivity index (χ0) is 12.6. The first-order valence-corrected chi connectivity index (χ1v) is 6.20. The first-order valence-electron chi connectivity index (χ1n) is 5.41. The van der Waals surface area contributed by atoms with Crippen molar-refractivity contribution in [3.63, 3.8) is 0 Å². The number of halogens is 2. The standard InChI is InChI=1S/C11H13BrN2O3.ClH/c12-9-5-7(14(16)17)4-8(11(9)15)10(13)3-6-1-2-6;/h4-6,10,15H,1-3,13H2;1H/t10-;/m0./s1. The third-order valence-electron chi connectivity index (χ3n) is 2.97. The highest BCUT2D eigenvalue weighted by Crippen LogP contribution is 2.41. The molecule has 1 fully saturated rings. The molecule has 3 N–H and O–H groups in total. The second kappa shape index (κ2) is 5.86. The van der Waals surface area contributed by atoms with Crippen LogP contribution in [0.25, 0.3) is 0 Å². The minimum atomic E-state index is -0.489. The summed E-state index contributed by atoms with van der Waals surface area (Å²) in [5.41, 5.74) is 6.35. The largest absolute Gasteiger partial charge is 0.506 e. The minimum Gasteiger partial charge on any atom is -0.506 e. The van der Waals surface area contributed by atoms with Gasteiger partial charge < -0.3 is 10.8 Å². The van der Waals surface area contributed by atoms with E-state index in [1.807, 2.05) is 0 Å². The molecule has 0 unspecified atom stereocenters. The molecule has 5 nitrogen and oxygen atoms in total. The smallest absolute Gasteiger partial charge is 0.271 e. The van der Waals surface area contributed by atoms with Crippen molar-refractivity contribution in [1.82, 2.24) is 0 Å². The van der Waals surface area contributed by atoms with E-state index in [2.05, 4.69) is 15.9 Å². The Kier molecular flexibility index (Phi) is 4.95. The molecular weight excluding hydrogens is 323 g/mol. The summed E-state index contributed by atoms with van der Waals surface area (Å²) in [5, 5.41) is 20.6. The molecule has 0 radical (unpaired) electrons. The van der Waals surface area contributed by atoms with Crippen molar-refractivity contribution >= 4 is 34.0 Å². The molecule has 0 aliphatic heterocycles. The number of rotatable bonds is 4. The van der Waals surface area contributed by atoms with Gasteiger partial charge in [-0.3, -0.25) is 10.1 Å². The molecule has 1 atom stereocenters. The molecule has 7 heteroatoms. The predicted molar refractivity (Wildman–Crippen MR) is 74.0 cm³/mol. The number of nitrogens with two attached hydrogens (primary N) is 1. The Bertz CT molecular complexity index is 466. The highest BCUT2D eigenvalue weighted by molar-refractivity contribution is 9.10. The number of nitrogens with zero attached hydrogens (tertiary/aromatic N) is 1. The van der Waals surface area contributed by atoms with Gasteiger partial charge in [0.25, 0.3) is 5.69 Å². The highest BCUT2D eigenvalue weighted by atomic mass is 79.9. The Morgan fingerprint density at radius 2 is 2.17 bits per heavy atom. The third-order valence-corrected chi connectivity index (χ3v) is 3.58. The van der Waals surface area contributed by atoms with Crippen LogP contribution in [0.4, 0.5) is 5.69 Å². The quantitative estimate of drug-likeness (QED) is 0.651. The molecular formula is C11H14BrClN2O3. The van der Waals surface area contributed by atoms with Gasteiger partial charge in [0, 0.05) is 23.7 Å². The van der Waals surface area contributed by atoms with Crippen molar-refractivity contribution in [1.29, 1.82) is 0 Å². The lowest BCUT2D eigenvalue weighted by molar-refractivity contribution is -0.385. The molecule has 0 heterocycles. The molecule has 1 aromatic rings. The third kappa shape index (κ3) is 3.34. The fraction of sp³-hybridized carbons (Fsp3) is 0.455. The van der Waals surface area contributed by atoms with E-state index in [0.717, 1.165) is 19.3 Å². The van der Waals surface area contributed by atoms with Crippen LogP contribution in [0.15, 0.2) is 16.6 Å². The van der Waals surface area contributed by atoms with Gasteiger partial charge in [-0.15, -0.1) is 12.4 Å². The van der Waals surface area contributed by atoms with Gasteiger partial charge in [-0.25, -0.2) is 0 Å². The summed E-state index contributed by atoms with van der Waals surface area (Å²) >= 11 is 3.11. The highest BCUT2D eigenvalue weighted by Gasteiger charge is 2.27. The Morgan fingerprint density at radius 1 is 1.56 bits per heavy atom. The van der Waals surface area contributed by atoms with Crippen LogP contribution < -0.4 is 5.73 Å². The van der Waals surface area contributed by atoms with Crippen LogP contribution in [-0.4, -0.2) is 10.0 Å². The number of nitro groups is 1. The first-order chi connectivity index (χ1) is 7.99. The maximum absolute atomic E-state index is 10.7. The van der Waals surface area contributed by atoms with Gasteiger partial charge in [0.2, 0.25) is 0 Å². The van der Waals surface area contributed by atoms with Gasteiger partial charge in [0.15, 0.2) is 0 Å². The molecule has 1 aromatic carbocycles. The molecule has 2 rings (SSSR count). The molecule has 0 amide bonds. The summed E-state index contributed by atoms with van der Waals surface area (Å²) in [7, 11) is 0. The molecule has 0 spiro atoms. The van der Waals surface area contributed by atoms with Crippen LogP contribution in [0.1, 0.15) is 30.9 Å². The van der Waals surface area contributed by atoms with Crippen LogP contribution in [0, 0.1) is 16.0 Å². The van der Waals surface area contributed by atoms with Gasteiger partial charge in [-0.2, -0.15) is 0 Å². The maximum Gasteiger partial charge on any atom is 0.271 e. The number of phenolic OH excluding ortho intramolecular Hbond substituents is 1. The number of nitro benzene ring substituents is 1. The first kappa shape index (κ1) is 15.2. The number of benzene rings is 1. The van der Waals surface area contributed by atoms with E-state index in [-0.39, 0.29) is 29.9 Å². The van der Waals surface area contributed by atoms with Crippen molar-refractivity contribution in [3.05, 3.63) is 32.3 Å². The number of hydrogen-bond donors (Lipinski definition) is 2. The summed E-state index contributed by atoms with van der Waals surface area (Å²) in [6.07, 6.45) is 3.08. The fourth-order valence-corrected chi connectivity index (χ4v) is 2.30. The van der Waals surface area contributed by atoms with Crippen LogP contribution in [-0.2, 0) is 0 Å². The van der Waals surface area contributed by atoms with Crippen molar-refractivity contribution in [2.75, 3.05) is 0 Å². The maximum atomic E-state index is 10.7. The van der Waals surface area contributed by atoms with Crippen LogP contribution in [0.3, 0.4) is 0 Å². The van der Waals surface area contributed by atoms with E-state index in [1.54, 1.807) is 0 Å². The molecule has 0 aromatic heterocycles. The Morgan fingerprint density at radius 3 is 2.67 bits per heavy atom. The van der Waals surface area contributed by atoms with Gasteiger partial charge in [-0.05, 0) is 28.3 Å². The monoisotopic (exact) mass is 336 g/mol. The lowest BCUT2D eigenvalue weighted by Gasteiger charge is -2.14. The average Bonchev–Trinajstić information content (AvgIpc) is 3.05. The van der Waals surface area contributed by atoms with E-state index in [0.29, 0.717) is 16.0 Å². The minimum absolute atomic E-state index is 0. The van der Waals surface area contributed by atoms with Crippen LogP contribution in [0.2, 0.25) is 0 Å². The zero-order valence-corrected chi connectivity index (χ0v) is 11.9. The Labute approximate surface area is 119 Å². The zero-order valence-electron chi connectivity index (χ0n) is 9.51. The summed E-state index contributed by atoms with van der Waals surface area (Å²) < 4.78 is 0.313. The van der Waals surface area contributed by atoms with Gasteiger partial charge in [-0.1, -0.05) is 12.8 Å². The lowest BCUT2D eigenvalue weighted by Crippen LogP contribution is -2.11. The summed E-state index contributed by atoms with van der Waals surface area (Å²) in [6.45, 7) is 0. The summed E-state index contributed by atoms with van der Waals surface area (Å²) in [6, 6.07) is 2.29. The molecule has 0 saturated heterocycles. The molecule has 1 saturated carbocycles. The predicted octanol–water partition coefficient (Wildman–Crippen LogP) is 3.28. The molecule has 100 valence electrons. The topological polar surface area (TPSA) is 89.4 Å². The molecule has 1 aliphatic carbocycles. The van der Waals surface area contributed by atoms with Gasteiger partial charge in [0.1, 0.15) is 5.75 Å². The van der Waals surface area contributed by atoms with E-state index in [9.17, 15) is 15.2 Å². The van der Waals surface area contributed by atoms with Crippen molar-refractivity contribution < 1.29 is 10.0 Å². The average molecular weight is 338 g/mol. The normalized spacial score (nSPS) is 15.9. The second-order valence-electron chi connectivity index (χ2n) is 4.41. The number of hydrogen-bond acceptors (Lipinski definition) is 4. The number of aromatic hydroxyl groups is 1. The van der Waals surface area contributed by atoms with Crippen molar-refractivity contribution in [2.24, 2.45) is 11.7 Å². The van der Waals surface area contributed by atoms with Crippen LogP contribution in [0.5, 0.6) is 5.75 Å². The summed E-state index contributed by atoms with van der Waals surface area (Å²) in [4.78, 5) is 10.2. The van der Waals surface area contributed by atoms with E-state index < -0.39 is 4.92 Å². The van der Waals surface area contributed by atoms with Gasteiger partial charge >= 0.3 is 0 Å². The SMILES string of the molecule is Cl.N[C@@H](CC1CC1)c1cc([N+](=O)[O-])cc(Br)c1O. The Hall–Kier alpha value is -0.850.